The summed E-state index contributed by atoms with van der Waals surface area (Å²) in [5, 5.41) is 3.58. The Bertz CT molecular complexity index is 637. The van der Waals surface area contributed by atoms with E-state index >= 15 is 0 Å². The minimum absolute atomic E-state index is 0.0480. The van der Waals surface area contributed by atoms with Crippen molar-refractivity contribution < 1.29 is 8.42 Å². The fourth-order valence-electron chi connectivity index (χ4n) is 3.21. The van der Waals surface area contributed by atoms with Crippen LogP contribution in [0.25, 0.3) is 0 Å². The van der Waals surface area contributed by atoms with Gasteiger partial charge in [-0.25, -0.2) is 8.42 Å². The summed E-state index contributed by atoms with van der Waals surface area (Å²) < 4.78 is 22.9. The van der Waals surface area contributed by atoms with E-state index in [2.05, 4.69) is 10.3 Å². The monoisotopic (exact) mass is 296 g/mol. The van der Waals surface area contributed by atoms with Gasteiger partial charge in [0.2, 0.25) is 5.56 Å². The average molecular weight is 296 g/mol. The third-order valence-corrected chi connectivity index (χ3v) is 6.04. The molecule has 0 radical (unpaired) electrons. The molecule has 2 aliphatic rings. The molecule has 110 valence electrons. The van der Waals surface area contributed by atoms with Gasteiger partial charge < -0.3 is 10.3 Å². The Balaban J connectivity index is 1.72. The summed E-state index contributed by atoms with van der Waals surface area (Å²) in [6, 6.07) is 3.98. The average Bonchev–Trinajstić information content (AvgIpc) is 2.41. The van der Waals surface area contributed by atoms with E-state index in [1.54, 1.807) is 6.07 Å². The van der Waals surface area contributed by atoms with Crippen molar-refractivity contribution in [3.8, 4) is 0 Å². The molecular formula is C14H20N2O3S. The maximum absolute atomic E-state index is 11.5. The Labute approximate surface area is 118 Å². The Kier molecular flexibility index (Phi) is 3.69. The Morgan fingerprint density at radius 2 is 1.90 bits per heavy atom. The smallest absolute Gasteiger partial charge is 0.248 e. The zero-order chi connectivity index (χ0) is 14.2. The van der Waals surface area contributed by atoms with Crippen LogP contribution < -0.4 is 10.9 Å². The number of hydrogen-bond donors (Lipinski definition) is 2. The van der Waals surface area contributed by atoms with Crippen LogP contribution in [0.2, 0.25) is 0 Å². The molecule has 1 unspecified atom stereocenters. The summed E-state index contributed by atoms with van der Waals surface area (Å²) in [4.78, 5) is 14.3. The van der Waals surface area contributed by atoms with Gasteiger partial charge in [0.1, 0.15) is 9.84 Å². The highest BCUT2D eigenvalue weighted by Gasteiger charge is 2.27. The summed E-state index contributed by atoms with van der Waals surface area (Å²) in [6.45, 7) is 0. The van der Waals surface area contributed by atoms with Gasteiger partial charge in [0, 0.05) is 23.8 Å². The molecule has 1 aliphatic carbocycles. The molecule has 5 nitrogen and oxygen atoms in total. The number of rotatable bonds is 2. The molecule has 20 heavy (non-hydrogen) atoms. The van der Waals surface area contributed by atoms with Crippen LogP contribution in [0, 0.1) is 0 Å². The SMILES string of the molecule is O=c1ccc2c([nH]1)CCCC2NC1CCS(=O)(=O)CC1. The molecule has 0 amide bonds. The van der Waals surface area contributed by atoms with Gasteiger partial charge in [-0.3, -0.25) is 4.79 Å². The zero-order valence-electron chi connectivity index (χ0n) is 11.4. The van der Waals surface area contributed by atoms with E-state index in [4.69, 9.17) is 0 Å². The number of aryl methyl sites for hydroxylation is 1. The molecule has 0 bridgehead atoms. The second kappa shape index (κ2) is 5.33. The maximum atomic E-state index is 11.5. The number of sulfone groups is 1. The first kappa shape index (κ1) is 13.8. The van der Waals surface area contributed by atoms with Crippen LogP contribution in [-0.2, 0) is 16.3 Å². The number of nitrogens with one attached hydrogen (secondary N) is 2. The van der Waals surface area contributed by atoms with Crippen LogP contribution in [-0.4, -0.2) is 30.9 Å². The van der Waals surface area contributed by atoms with Crippen LogP contribution in [0.1, 0.15) is 43.0 Å². The van der Waals surface area contributed by atoms with E-state index < -0.39 is 9.84 Å². The van der Waals surface area contributed by atoms with E-state index in [-0.39, 0.29) is 29.1 Å². The lowest BCUT2D eigenvalue weighted by Crippen LogP contribution is -2.40. The first-order valence-electron chi connectivity index (χ1n) is 7.22. The van der Waals surface area contributed by atoms with Crippen LogP contribution >= 0.6 is 0 Å². The number of fused-ring (bicyclic) bond motifs is 1. The third-order valence-electron chi connectivity index (χ3n) is 4.32. The van der Waals surface area contributed by atoms with Crippen LogP contribution in [0.5, 0.6) is 0 Å². The zero-order valence-corrected chi connectivity index (χ0v) is 12.2. The molecule has 1 atom stereocenters. The van der Waals surface area contributed by atoms with E-state index in [1.165, 1.54) is 5.56 Å². The number of hydrogen-bond acceptors (Lipinski definition) is 4. The number of aromatic nitrogens is 1. The summed E-state index contributed by atoms with van der Waals surface area (Å²) in [5.41, 5.74) is 2.15. The molecule has 6 heteroatoms. The van der Waals surface area contributed by atoms with Gasteiger partial charge >= 0.3 is 0 Å². The highest BCUT2D eigenvalue weighted by molar-refractivity contribution is 7.91. The fourth-order valence-corrected chi connectivity index (χ4v) is 4.71. The van der Waals surface area contributed by atoms with Crippen molar-refractivity contribution in [1.82, 2.24) is 10.3 Å². The van der Waals surface area contributed by atoms with E-state index in [9.17, 15) is 13.2 Å². The van der Waals surface area contributed by atoms with Gasteiger partial charge in [-0.15, -0.1) is 0 Å². The standard InChI is InChI=1S/C14H20N2O3S/c17-14-5-4-11-12(2-1-3-13(11)16-14)15-10-6-8-20(18,19)9-7-10/h4-5,10,12,15H,1-3,6-9H2,(H,16,17). The predicted octanol–water partition coefficient (Wildman–Crippen LogP) is 0.919. The Morgan fingerprint density at radius 1 is 1.15 bits per heavy atom. The van der Waals surface area contributed by atoms with Crippen molar-refractivity contribution in [3.63, 3.8) is 0 Å². The van der Waals surface area contributed by atoms with Crippen molar-refractivity contribution in [3.05, 3.63) is 33.7 Å². The molecule has 3 rings (SSSR count). The highest BCUT2D eigenvalue weighted by atomic mass is 32.2. The third kappa shape index (κ3) is 2.96. The highest BCUT2D eigenvalue weighted by Crippen LogP contribution is 2.29. The van der Waals surface area contributed by atoms with Gasteiger partial charge in [0.25, 0.3) is 0 Å². The molecule has 1 saturated heterocycles. The minimum Gasteiger partial charge on any atom is -0.326 e. The van der Waals surface area contributed by atoms with E-state index in [1.807, 2.05) is 6.07 Å². The number of pyridine rings is 1. The molecule has 1 aromatic rings. The lowest BCUT2D eigenvalue weighted by Gasteiger charge is -2.32. The normalized spacial score (nSPS) is 26.1. The number of aromatic amines is 1. The van der Waals surface area contributed by atoms with Crippen molar-refractivity contribution >= 4 is 9.84 Å². The molecule has 0 aromatic carbocycles. The molecule has 0 spiro atoms. The second-order valence-electron chi connectivity index (χ2n) is 5.79. The molecule has 0 saturated carbocycles. The molecule has 2 N–H and O–H groups in total. The summed E-state index contributed by atoms with van der Waals surface area (Å²) in [5.74, 6) is 0.575. The summed E-state index contributed by atoms with van der Waals surface area (Å²) in [6.07, 6.45) is 4.40. The first-order valence-corrected chi connectivity index (χ1v) is 9.04. The second-order valence-corrected chi connectivity index (χ2v) is 8.10. The van der Waals surface area contributed by atoms with Gasteiger partial charge in [0.15, 0.2) is 0 Å². The first-order chi connectivity index (χ1) is 9.53. The Hall–Kier alpha value is -1.14. The molecule has 1 aliphatic heterocycles. The molecule has 1 fully saturated rings. The fraction of sp³-hybridized carbons (Fsp3) is 0.643. The minimum atomic E-state index is -2.81. The topological polar surface area (TPSA) is 79.0 Å². The van der Waals surface area contributed by atoms with Gasteiger partial charge in [-0.05, 0) is 37.7 Å². The molecule has 1 aromatic heterocycles. The lowest BCUT2D eigenvalue weighted by atomic mass is 9.90. The van der Waals surface area contributed by atoms with Crippen LogP contribution in [0.3, 0.4) is 0 Å². The quantitative estimate of drug-likeness (QED) is 0.850. The van der Waals surface area contributed by atoms with Crippen LogP contribution in [0.15, 0.2) is 16.9 Å². The Morgan fingerprint density at radius 3 is 2.65 bits per heavy atom. The maximum Gasteiger partial charge on any atom is 0.248 e. The van der Waals surface area contributed by atoms with Crippen molar-refractivity contribution in [2.24, 2.45) is 0 Å². The van der Waals surface area contributed by atoms with Gasteiger partial charge in [-0.2, -0.15) is 0 Å². The van der Waals surface area contributed by atoms with Gasteiger partial charge in [0.05, 0.1) is 11.5 Å². The lowest BCUT2D eigenvalue weighted by molar-refractivity contribution is 0.371. The molecular weight excluding hydrogens is 276 g/mol. The largest absolute Gasteiger partial charge is 0.326 e. The van der Waals surface area contributed by atoms with Gasteiger partial charge in [-0.1, -0.05) is 6.07 Å². The van der Waals surface area contributed by atoms with Crippen LogP contribution in [0.4, 0.5) is 0 Å². The van der Waals surface area contributed by atoms with Crippen molar-refractivity contribution in [2.75, 3.05) is 11.5 Å². The van der Waals surface area contributed by atoms with Crippen molar-refractivity contribution in [2.45, 2.75) is 44.2 Å². The van der Waals surface area contributed by atoms with Crippen molar-refractivity contribution in [1.29, 1.82) is 0 Å². The number of H-pyrrole nitrogens is 1. The van der Waals surface area contributed by atoms with E-state index in [0.717, 1.165) is 25.0 Å². The summed E-state index contributed by atoms with van der Waals surface area (Å²) in [7, 11) is -2.81. The molecule has 2 heterocycles. The predicted molar refractivity (Wildman–Crippen MR) is 77.6 cm³/mol. The summed E-state index contributed by atoms with van der Waals surface area (Å²) >= 11 is 0. The van der Waals surface area contributed by atoms with E-state index in [0.29, 0.717) is 12.8 Å².